The Morgan fingerprint density at radius 2 is 1.91 bits per heavy atom. The molecule has 2 rings (SSSR count). The predicted octanol–water partition coefficient (Wildman–Crippen LogP) is 0.794. The van der Waals surface area contributed by atoms with E-state index in [0.717, 1.165) is 13.2 Å². The number of nitrogens with one attached hydrogen (secondary N) is 2. The molecule has 3 atom stereocenters. The Morgan fingerprint density at radius 3 is 2.55 bits per heavy atom. The summed E-state index contributed by atoms with van der Waals surface area (Å²) in [6, 6.07) is -0.617. The monoisotopic (exact) mass is 473 g/mol. The Kier molecular flexibility index (Phi) is 9.21. The zero-order valence-corrected chi connectivity index (χ0v) is 18.5. The molecule has 33 heavy (non-hydrogen) atoms. The molecular formula is C21H26F3N3O6. The molecule has 0 unspecified atom stereocenters. The van der Waals surface area contributed by atoms with Crippen molar-refractivity contribution in [1.82, 2.24) is 15.5 Å². The third-order valence-electron chi connectivity index (χ3n) is 5.36. The number of hydrogen-bond donors (Lipinski definition) is 2. The highest BCUT2D eigenvalue weighted by Gasteiger charge is 2.35. The maximum atomic E-state index is 14.0. The summed E-state index contributed by atoms with van der Waals surface area (Å²) in [5, 5.41) is 4.83. The van der Waals surface area contributed by atoms with Crippen LogP contribution in [0.25, 0.3) is 0 Å². The number of benzene rings is 1. The summed E-state index contributed by atoms with van der Waals surface area (Å²) < 4.78 is 50.6. The van der Waals surface area contributed by atoms with Gasteiger partial charge in [-0.05, 0) is 19.4 Å². The third-order valence-corrected chi connectivity index (χ3v) is 5.36. The van der Waals surface area contributed by atoms with Gasteiger partial charge in [-0.25, -0.2) is 13.2 Å². The van der Waals surface area contributed by atoms with E-state index < -0.39 is 72.4 Å². The van der Waals surface area contributed by atoms with E-state index in [-0.39, 0.29) is 24.8 Å². The molecule has 9 nitrogen and oxygen atoms in total. The molecule has 182 valence electrons. The van der Waals surface area contributed by atoms with E-state index in [1.54, 1.807) is 0 Å². The summed E-state index contributed by atoms with van der Waals surface area (Å²) >= 11 is 0. The van der Waals surface area contributed by atoms with E-state index in [4.69, 9.17) is 4.74 Å². The van der Waals surface area contributed by atoms with E-state index in [1.807, 2.05) is 0 Å². The van der Waals surface area contributed by atoms with Crippen LogP contribution in [0.5, 0.6) is 0 Å². The Labute approximate surface area is 188 Å². The first-order valence-corrected chi connectivity index (χ1v) is 10.2. The zero-order chi connectivity index (χ0) is 24.7. The van der Waals surface area contributed by atoms with Crippen molar-refractivity contribution in [2.75, 3.05) is 20.8 Å². The maximum Gasteiger partial charge on any atom is 0.325 e. The van der Waals surface area contributed by atoms with Gasteiger partial charge in [0.15, 0.2) is 11.6 Å². The molecule has 2 N–H and O–H groups in total. The second-order valence-corrected chi connectivity index (χ2v) is 7.56. The minimum Gasteiger partial charge on any atom is -0.468 e. The molecule has 0 aliphatic carbocycles. The molecule has 3 amide bonds. The van der Waals surface area contributed by atoms with Gasteiger partial charge < -0.3 is 25.0 Å². The third kappa shape index (κ3) is 6.91. The van der Waals surface area contributed by atoms with E-state index >= 15 is 0 Å². The lowest BCUT2D eigenvalue weighted by atomic mass is 10.1. The van der Waals surface area contributed by atoms with E-state index in [2.05, 4.69) is 15.4 Å². The molecule has 0 saturated carbocycles. The highest BCUT2D eigenvalue weighted by Crippen LogP contribution is 2.26. The Bertz CT molecular complexity index is 913. The maximum absolute atomic E-state index is 14.0. The average Bonchev–Trinajstić information content (AvgIpc) is 3.11. The molecule has 1 heterocycles. The number of hydrogen-bond acceptors (Lipinski definition) is 6. The fourth-order valence-corrected chi connectivity index (χ4v) is 3.45. The lowest BCUT2D eigenvalue weighted by Gasteiger charge is -2.27. The molecule has 1 aromatic carbocycles. The summed E-state index contributed by atoms with van der Waals surface area (Å²) in [6.07, 6.45) is -0.639. The number of halogens is 3. The van der Waals surface area contributed by atoms with Gasteiger partial charge in [-0.3, -0.25) is 19.2 Å². The number of methoxy groups -OCH3 is 2. The smallest absolute Gasteiger partial charge is 0.325 e. The first-order valence-electron chi connectivity index (χ1n) is 10.2. The van der Waals surface area contributed by atoms with E-state index in [0.29, 0.717) is 6.07 Å². The second kappa shape index (κ2) is 11.6. The highest BCUT2D eigenvalue weighted by atomic mass is 19.2. The molecule has 1 aliphatic rings. The normalized spacial score (nSPS) is 17.5. The van der Waals surface area contributed by atoms with Gasteiger partial charge in [0.05, 0.1) is 13.2 Å². The number of carbonyl (C=O) groups is 4. The standard InChI is InChI=1S/C21H26F3N3O6/c1-11(32-2)20(21(31)25-9-18(30)33-3)26-16(28)8-14-4-5-17(29)27(14)10-12-6-13(22)7-15(23)19(12)24/h6-7,11,14,20H,4-5,8-10H2,1-3H3,(H,25,31)(H,26,28)/t11-,14+,20+/m1/s1. The zero-order valence-electron chi connectivity index (χ0n) is 18.5. The van der Waals surface area contributed by atoms with E-state index in [9.17, 15) is 32.3 Å². The average molecular weight is 473 g/mol. The Hall–Kier alpha value is -3.15. The minimum atomic E-state index is -1.37. The van der Waals surface area contributed by atoms with Gasteiger partial charge in [-0.1, -0.05) is 0 Å². The van der Waals surface area contributed by atoms with Crippen LogP contribution < -0.4 is 10.6 Å². The molecule has 1 saturated heterocycles. The van der Waals surface area contributed by atoms with Crippen molar-refractivity contribution in [3.8, 4) is 0 Å². The van der Waals surface area contributed by atoms with Crippen molar-refractivity contribution >= 4 is 23.7 Å². The second-order valence-electron chi connectivity index (χ2n) is 7.56. The van der Waals surface area contributed by atoms with Gasteiger partial charge in [-0.15, -0.1) is 0 Å². The first-order chi connectivity index (χ1) is 15.6. The van der Waals surface area contributed by atoms with Gasteiger partial charge in [0.25, 0.3) is 0 Å². The van der Waals surface area contributed by atoms with Gasteiger partial charge in [-0.2, -0.15) is 0 Å². The number of amides is 3. The fourth-order valence-electron chi connectivity index (χ4n) is 3.45. The van der Waals surface area contributed by atoms with Crippen molar-refractivity contribution in [1.29, 1.82) is 0 Å². The quantitative estimate of drug-likeness (QED) is 0.384. The Morgan fingerprint density at radius 1 is 1.21 bits per heavy atom. The van der Waals surface area contributed by atoms with Gasteiger partial charge in [0.1, 0.15) is 18.4 Å². The lowest BCUT2D eigenvalue weighted by molar-refractivity contribution is -0.142. The number of carbonyl (C=O) groups excluding carboxylic acids is 4. The topological polar surface area (TPSA) is 114 Å². The predicted molar refractivity (Wildman–Crippen MR) is 108 cm³/mol. The van der Waals surface area contributed by atoms with Crippen LogP contribution in [0, 0.1) is 17.5 Å². The molecule has 0 spiro atoms. The first kappa shape index (κ1) is 26.1. The van der Waals surface area contributed by atoms with Crippen LogP contribution >= 0.6 is 0 Å². The van der Waals surface area contributed by atoms with Crippen LogP contribution in [-0.2, 0) is 35.2 Å². The molecule has 12 heteroatoms. The minimum absolute atomic E-state index is 0.0783. The summed E-state index contributed by atoms with van der Waals surface area (Å²) in [6.45, 7) is 0.725. The number of rotatable bonds is 10. The van der Waals surface area contributed by atoms with Crippen molar-refractivity contribution in [3.05, 3.63) is 35.1 Å². The summed E-state index contributed by atoms with van der Waals surface area (Å²) in [4.78, 5) is 49.7. The molecule has 1 aromatic rings. The summed E-state index contributed by atoms with van der Waals surface area (Å²) in [7, 11) is 2.49. The fraction of sp³-hybridized carbons (Fsp3) is 0.524. The van der Waals surface area contributed by atoms with Crippen LogP contribution in [0.3, 0.4) is 0 Å². The number of esters is 1. The molecule has 0 bridgehead atoms. The number of ether oxygens (including phenoxy) is 2. The van der Waals surface area contributed by atoms with Crippen molar-refractivity contribution in [2.45, 2.75) is 50.9 Å². The van der Waals surface area contributed by atoms with Crippen LogP contribution in [-0.4, -0.2) is 67.5 Å². The van der Waals surface area contributed by atoms with Crippen LogP contribution in [0.4, 0.5) is 13.2 Å². The van der Waals surface area contributed by atoms with E-state index in [1.165, 1.54) is 18.9 Å². The van der Waals surface area contributed by atoms with Crippen LogP contribution in [0.1, 0.15) is 31.7 Å². The van der Waals surface area contributed by atoms with Gasteiger partial charge in [0.2, 0.25) is 17.7 Å². The largest absolute Gasteiger partial charge is 0.468 e. The molecule has 1 fully saturated rings. The van der Waals surface area contributed by atoms with Crippen LogP contribution in [0.15, 0.2) is 12.1 Å². The summed E-state index contributed by atoms with van der Waals surface area (Å²) in [5.41, 5.74) is -0.346. The lowest BCUT2D eigenvalue weighted by Crippen LogP contribution is -2.54. The van der Waals surface area contributed by atoms with Crippen molar-refractivity contribution in [2.24, 2.45) is 0 Å². The summed E-state index contributed by atoms with van der Waals surface area (Å²) in [5.74, 6) is -5.99. The van der Waals surface area contributed by atoms with Gasteiger partial charge >= 0.3 is 5.97 Å². The van der Waals surface area contributed by atoms with Crippen molar-refractivity contribution in [3.63, 3.8) is 0 Å². The Balaban J connectivity index is 2.07. The molecular weight excluding hydrogens is 447 g/mol. The highest BCUT2D eigenvalue weighted by molar-refractivity contribution is 5.90. The number of likely N-dealkylation sites (tertiary alicyclic amines) is 1. The van der Waals surface area contributed by atoms with Crippen LogP contribution in [0.2, 0.25) is 0 Å². The molecule has 0 aromatic heterocycles. The number of nitrogens with zero attached hydrogens (tertiary/aromatic N) is 1. The SMILES string of the molecule is COC(=O)CNC(=O)[C@@H](NC(=O)C[C@@H]1CCC(=O)N1Cc1cc(F)cc(F)c1F)[C@@H](C)OC. The van der Waals surface area contributed by atoms with Gasteiger partial charge in [0, 0.05) is 44.2 Å². The van der Waals surface area contributed by atoms with Crippen molar-refractivity contribution < 1.29 is 41.8 Å². The molecule has 0 radical (unpaired) electrons. The molecule has 1 aliphatic heterocycles.